The van der Waals surface area contributed by atoms with Crippen LogP contribution >= 0.6 is 0 Å². The molecule has 0 unspecified atom stereocenters. The predicted octanol–water partition coefficient (Wildman–Crippen LogP) is -0.196. The standard InChI is InChI=1S/C10H13N5O4/c1-5-3-15(10(18)12-9(5)17)8-2-6(13-14-11)7(4-16)19-8/h3,6-8,16H,2,4H2,1H3,(H,12,17,18)/t6-,7-,8-/m0/s1. The molecule has 102 valence electrons. The second-order valence-electron chi connectivity index (χ2n) is 4.30. The van der Waals surface area contributed by atoms with Crippen molar-refractivity contribution in [1.82, 2.24) is 9.55 Å². The second kappa shape index (κ2) is 5.27. The van der Waals surface area contributed by atoms with Crippen molar-refractivity contribution in [2.24, 2.45) is 5.11 Å². The monoisotopic (exact) mass is 267 g/mol. The number of nitrogens with one attached hydrogen (secondary N) is 1. The minimum atomic E-state index is -0.671. The van der Waals surface area contributed by atoms with Crippen LogP contribution in [0, 0.1) is 6.92 Å². The van der Waals surface area contributed by atoms with Crippen molar-refractivity contribution < 1.29 is 9.84 Å². The topological polar surface area (TPSA) is 133 Å². The number of aliphatic hydroxyl groups is 1. The summed E-state index contributed by atoms with van der Waals surface area (Å²) in [5.41, 5.74) is 7.76. The van der Waals surface area contributed by atoms with Gasteiger partial charge in [-0.25, -0.2) is 4.79 Å². The van der Waals surface area contributed by atoms with E-state index in [2.05, 4.69) is 15.0 Å². The molecule has 9 heteroatoms. The summed E-state index contributed by atoms with van der Waals surface area (Å²) in [7, 11) is 0. The number of ether oxygens (including phenoxy) is 1. The molecule has 1 fully saturated rings. The minimum absolute atomic E-state index is 0.265. The van der Waals surface area contributed by atoms with Gasteiger partial charge in [0.1, 0.15) is 6.23 Å². The van der Waals surface area contributed by atoms with Crippen LogP contribution in [0.2, 0.25) is 0 Å². The quantitative estimate of drug-likeness (QED) is 0.445. The zero-order chi connectivity index (χ0) is 14.0. The normalized spacial score (nSPS) is 26.1. The molecule has 0 radical (unpaired) electrons. The van der Waals surface area contributed by atoms with Gasteiger partial charge in [0.05, 0.1) is 18.8 Å². The summed E-state index contributed by atoms with van der Waals surface area (Å²) in [4.78, 5) is 27.8. The lowest BCUT2D eigenvalue weighted by molar-refractivity contribution is -0.0271. The third kappa shape index (κ3) is 2.53. The van der Waals surface area contributed by atoms with Crippen molar-refractivity contribution >= 4 is 0 Å². The number of rotatable bonds is 3. The first-order valence-corrected chi connectivity index (χ1v) is 5.69. The van der Waals surface area contributed by atoms with E-state index in [-0.39, 0.29) is 13.0 Å². The number of aromatic nitrogens is 2. The lowest BCUT2D eigenvalue weighted by Crippen LogP contribution is -2.33. The number of aromatic amines is 1. The zero-order valence-electron chi connectivity index (χ0n) is 10.2. The van der Waals surface area contributed by atoms with Gasteiger partial charge in [0.2, 0.25) is 0 Å². The minimum Gasteiger partial charge on any atom is -0.394 e. The Morgan fingerprint density at radius 3 is 3.05 bits per heavy atom. The Balaban J connectivity index is 2.34. The predicted molar refractivity (Wildman–Crippen MR) is 64.6 cm³/mol. The van der Waals surface area contributed by atoms with Gasteiger partial charge in [-0.2, -0.15) is 0 Å². The summed E-state index contributed by atoms with van der Waals surface area (Å²) < 4.78 is 6.69. The molecule has 1 aromatic rings. The second-order valence-corrected chi connectivity index (χ2v) is 4.30. The molecular formula is C10H13N5O4. The van der Waals surface area contributed by atoms with E-state index < -0.39 is 29.6 Å². The maximum atomic E-state index is 11.7. The van der Waals surface area contributed by atoms with Gasteiger partial charge in [-0.1, -0.05) is 5.11 Å². The highest BCUT2D eigenvalue weighted by atomic mass is 16.5. The first kappa shape index (κ1) is 13.3. The van der Waals surface area contributed by atoms with Crippen LogP contribution in [0.15, 0.2) is 20.9 Å². The van der Waals surface area contributed by atoms with Crippen LogP contribution in [0.25, 0.3) is 10.4 Å². The highest BCUT2D eigenvalue weighted by Gasteiger charge is 2.35. The van der Waals surface area contributed by atoms with E-state index in [1.807, 2.05) is 0 Å². The Morgan fingerprint density at radius 2 is 2.42 bits per heavy atom. The molecule has 3 atom stereocenters. The Morgan fingerprint density at radius 1 is 1.68 bits per heavy atom. The number of hydrogen-bond acceptors (Lipinski definition) is 5. The highest BCUT2D eigenvalue weighted by Crippen LogP contribution is 2.29. The summed E-state index contributed by atoms with van der Waals surface area (Å²) in [6, 6.07) is -0.542. The van der Waals surface area contributed by atoms with Crippen LogP contribution in [0.4, 0.5) is 0 Å². The molecule has 0 amide bonds. The van der Waals surface area contributed by atoms with Gasteiger partial charge in [-0.05, 0) is 12.5 Å². The molecule has 0 spiro atoms. The third-order valence-corrected chi connectivity index (χ3v) is 3.04. The molecule has 0 aromatic carbocycles. The van der Waals surface area contributed by atoms with Crippen molar-refractivity contribution in [2.45, 2.75) is 31.7 Å². The molecule has 2 heterocycles. The first-order chi connectivity index (χ1) is 9.06. The fourth-order valence-electron chi connectivity index (χ4n) is 2.04. The molecule has 2 N–H and O–H groups in total. The molecule has 0 bridgehead atoms. The molecule has 1 aliphatic rings. The maximum Gasteiger partial charge on any atom is 0.330 e. The van der Waals surface area contributed by atoms with Crippen LogP contribution in [-0.2, 0) is 4.74 Å². The van der Waals surface area contributed by atoms with Gasteiger partial charge in [0, 0.05) is 23.1 Å². The molecule has 0 aliphatic carbocycles. The number of nitrogens with zero attached hydrogens (tertiary/aromatic N) is 4. The van der Waals surface area contributed by atoms with E-state index in [1.54, 1.807) is 6.92 Å². The summed E-state index contributed by atoms with van der Waals surface area (Å²) in [6.07, 6.45) is 0.329. The summed E-state index contributed by atoms with van der Waals surface area (Å²) in [5, 5.41) is 12.7. The number of hydrogen-bond donors (Lipinski definition) is 2. The Hall–Kier alpha value is -2.09. The number of aliphatic hydroxyl groups excluding tert-OH is 1. The van der Waals surface area contributed by atoms with Crippen LogP contribution in [0.5, 0.6) is 0 Å². The van der Waals surface area contributed by atoms with Crippen LogP contribution in [-0.4, -0.2) is 33.4 Å². The third-order valence-electron chi connectivity index (χ3n) is 3.04. The van der Waals surface area contributed by atoms with Gasteiger partial charge >= 0.3 is 5.69 Å². The van der Waals surface area contributed by atoms with Crippen LogP contribution in [0.1, 0.15) is 18.2 Å². The SMILES string of the molecule is Cc1cn([C@@H]2C[C@H](N=[N+]=[N-])[C@H](CO)O2)c(=O)[nH]c1=O. The molecule has 1 aliphatic heterocycles. The van der Waals surface area contributed by atoms with E-state index in [1.165, 1.54) is 10.8 Å². The maximum absolute atomic E-state index is 11.7. The molecule has 1 saturated heterocycles. The van der Waals surface area contributed by atoms with Crippen molar-refractivity contribution in [3.05, 3.63) is 43.0 Å². The van der Waals surface area contributed by atoms with Gasteiger partial charge in [0.25, 0.3) is 5.56 Å². The van der Waals surface area contributed by atoms with E-state index in [0.717, 1.165) is 0 Å². The number of H-pyrrole nitrogens is 1. The molecule has 19 heavy (non-hydrogen) atoms. The number of azide groups is 1. The smallest absolute Gasteiger partial charge is 0.330 e. The molecule has 2 rings (SSSR count). The van der Waals surface area contributed by atoms with E-state index >= 15 is 0 Å². The lowest BCUT2D eigenvalue weighted by Gasteiger charge is -2.14. The summed E-state index contributed by atoms with van der Waals surface area (Å²) >= 11 is 0. The average molecular weight is 267 g/mol. The molecule has 0 saturated carbocycles. The van der Waals surface area contributed by atoms with Crippen molar-refractivity contribution in [1.29, 1.82) is 0 Å². The zero-order valence-corrected chi connectivity index (χ0v) is 10.2. The van der Waals surface area contributed by atoms with Gasteiger partial charge in [-0.15, -0.1) is 0 Å². The lowest BCUT2D eigenvalue weighted by atomic mass is 10.1. The van der Waals surface area contributed by atoms with E-state index in [9.17, 15) is 9.59 Å². The van der Waals surface area contributed by atoms with Crippen molar-refractivity contribution in [3.8, 4) is 0 Å². The Labute approximate surface area is 107 Å². The average Bonchev–Trinajstić information content (AvgIpc) is 2.77. The Bertz CT molecular complexity index is 630. The first-order valence-electron chi connectivity index (χ1n) is 5.69. The van der Waals surface area contributed by atoms with E-state index in [0.29, 0.717) is 5.56 Å². The fourth-order valence-corrected chi connectivity index (χ4v) is 2.04. The van der Waals surface area contributed by atoms with Crippen LogP contribution in [0.3, 0.4) is 0 Å². The molecule has 1 aromatic heterocycles. The highest BCUT2D eigenvalue weighted by molar-refractivity contribution is 5.02. The van der Waals surface area contributed by atoms with Crippen LogP contribution < -0.4 is 11.2 Å². The fraction of sp³-hybridized carbons (Fsp3) is 0.600. The van der Waals surface area contributed by atoms with Gasteiger partial charge < -0.3 is 9.84 Å². The summed E-state index contributed by atoms with van der Waals surface area (Å²) in [6.45, 7) is 1.26. The van der Waals surface area contributed by atoms with Gasteiger partial charge in [0.15, 0.2) is 0 Å². The number of aryl methyl sites for hydroxylation is 1. The Kier molecular flexibility index (Phi) is 3.70. The molecular weight excluding hydrogens is 254 g/mol. The summed E-state index contributed by atoms with van der Waals surface area (Å²) in [5.74, 6) is 0. The van der Waals surface area contributed by atoms with Crippen molar-refractivity contribution in [2.75, 3.05) is 6.61 Å². The largest absolute Gasteiger partial charge is 0.394 e. The van der Waals surface area contributed by atoms with Gasteiger partial charge in [-0.3, -0.25) is 14.3 Å². The van der Waals surface area contributed by atoms with Crippen molar-refractivity contribution in [3.63, 3.8) is 0 Å². The molecule has 9 nitrogen and oxygen atoms in total. The van der Waals surface area contributed by atoms with E-state index in [4.69, 9.17) is 15.4 Å².